The van der Waals surface area contributed by atoms with Crippen molar-refractivity contribution in [1.82, 2.24) is 5.32 Å². The summed E-state index contributed by atoms with van der Waals surface area (Å²) in [4.78, 5) is 22.3. The molecular formula is C16H20INO5. The Hall–Kier alpha value is -1.77. The number of carbonyl (C=O) groups is 2. The molecule has 0 fully saturated rings. The molecule has 0 aliphatic rings. The zero-order valence-electron chi connectivity index (χ0n) is 13.3. The number of nitrogens with one attached hydrogen (secondary N) is 1. The normalized spacial score (nSPS) is 11.0. The van der Waals surface area contributed by atoms with Crippen molar-refractivity contribution in [1.29, 1.82) is 0 Å². The van der Waals surface area contributed by atoms with Crippen molar-refractivity contribution in [2.45, 2.75) is 26.7 Å². The predicted molar refractivity (Wildman–Crippen MR) is 95.5 cm³/mol. The first-order valence-corrected chi connectivity index (χ1v) is 8.19. The molecule has 6 nitrogen and oxygen atoms in total. The Bertz CT molecular complexity index is 613. The van der Waals surface area contributed by atoms with Gasteiger partial charge in [-0.05, 0) is 52.8 Å². The minimum Gasteiger partial charge on any atom is -0.493 e. The number of unbranched alkanes of at least 4 members (excludes halogenated alkanes) is 1. The number of rotatable bonds is 8. The van der Waals surface area contributed by atoms with Crippen LogP contribution < -0.4 is 14.8 Å². The van der Waals surface area contributed by atoms with Crippen LogP contribution in [-0.4, -0.2) is 30.7 Å². The molecule has 1 rings (SSSR count). The third-order valence-electron chi connectivity index (χ3n) is 2.85. The van der Waals surface area contributed by atoms with Crippen LogP contribution in [0.15, 0.2) is 17.8 Å². The van der Waals surface area contributed by atoms with Gasteiger partial charge in [-0.3, -0.25) is 4.79 Å². The van der Waals surface area contributed by atoms with E-state index in [4.69, 9.17) is 14.6 Å². The Kier molecular flexibility index (Phi) is 7.87. The van der Waals surface area contributed by atoms with Crippen LogP contribution in [0.2, 0.25) is 0 Å². The molecule has 1 amide bonds. The lowest BCUT2D eigenvalue weighted by Gasteiger charge is -2.13. The van der Waals surface area contributed by atoms with Gasteiger partial charge in [-0.15, -0.1) is 0 Å². The van der Waals surface area contributed by atoms with Crippen molar-refractivity contribution < 1.29 is 24.2 Å². The van der Waals surface area contributed by atoms with Crippen molar-refractivity contribution >= 4 is 40.5 Å². The van der Waals surface area contributed by atoms with Crippen molar-refractivity contribution in [3.05, 3.63) is 27.0 Å². The molecule has 1 aromatic carbocycles. The molecule has 2 N–H and O–H groups in total. The Morgan fingerprint density at radius 1 is 1.39 bits per heavy atom. The fourth-order valence-electron chi connectivity index (χ4n) is 1.79. The van der Waals surface area contributed by atoms with Crippen LogP contribution >= 0.6 is 22.6 Å². The number of amides is 1. The first kappa shape index (κ1) is 19.3. The summed E-state index contributed by atoms with van der Waals surface area (Å²) in [5.74, 6) is -0.501. The average molecular weight is 433 g/mol. The number of aliphatic carboxylic acids is 1. The van der Waals surface area contributed by atoms with Crippen LogP contribution in [0.4, 0.5) is 0 Å². The van der Waals surface area contributed by atoms with Crippen LogP contribution in [-0.2, 0) is 9.59 Å². The van der Waals surface area contributed by atoms with Crippen molar-refractivity contribution in [2.24, 2.45) is 0 Å². The fraction of sp³-hybridized carbons (Fsp3) is 0.375. The molecule has 0 spiro atoms. The molecule has 0 aromatic heterocycles. The van der Waals surface area contributed by atoms with Gasteiger partial charge in [0.1, 0.15) is 5.70 Å². The van der Waals surface area contributed by atoms with Crippen LogP contribution in [0.1, 0.15) is 32.3 Å². The van der Waals surface area contributed by atoms with E-state index in [-0.39, 0.29) is 5.70 Å². The van der Waals surface area contributed by atoms with Gasteiger partial charge >= 0.3 is 5.97 Å². The van der Waals surface area contributed by atoms with E-state index in [2.05, 4.69) is 34.8 Å². The summed E-state index contributed by atoms with van der Waals surface area (Å²) in [6, 6.07) is 3.45. The van der Waals surface area contributed by atoms with Gasteiger partial charge < -0.3 is 19.9 Å². The molecule has 23 heavy (non-hydrogen) atoms. The number of carboxylic acid groups (broad SMARTS) is 1. The molecular weight excluding hydrogens is 413 g/mol. The maximum absolute atomic E-state index is 11.2. The zero-order valence-corrected chi connectivity index (χ0v) is 15.5. The summed E-state index contributed by atoms with van der Waals surface area (Å²) in [5.41, 5.74) is 0.398. The van der Waals surface area contributed by atoms with Crippen molar-refractivity contribution in [2.75, 3.05) is 13.7 Å². The lowest BCUT2D eigenvalue weighted by molar-refractivity contribution is -0.134. The second-order valence-electron chi connectivity index (χ2n) is 4.78. The summed E-state index contributed by atoms with van der Waals surface area (Å²) < 4.78 is 11.9. The molecule has 0 saturated carbocycles. The largest absolute Gasteiger partial charge is 0.493 e. The molecule has 7 heteroatoms. The smallest absolute Gasteiger partial charge is 0.352 e. The molecule has 0 bridgehead atoms. The number of methoxy groups -OCH3 is 1. The van der Waals surface area contributed by atoms with Gasteiger partial charge in [0.2, 0.25) is 5.91 Å². The molecule has 0 radical (unpaired) electrons. The zero-order chi connectivity index (χ0) is 17.4. The molecule has 0 saturated heterocycles. The number of hydrogen-bond donors (Lipinski definition) is 2. The molecule has 0 atom stereocenters. The topological polar surface area (TPSA) is 84.9 Å². The third kappa shape index (κ3) is 6.09. The predicted octanol–water partition coefficient (Wildman–Crippen LogP) is 3.04. The third-order valence-corrected chi connectivity index (χ3v) is 3.65. The van der Waals surface area contributed by atoms with E-state index in [1.165, 1.54) is 20.1 Å². The first-order chi connectivity index (χ1) is 10.9. The minimum absolute atomic E-state index is 0.199. The number of hydrogen-bond acceptors (Lipinski definition) is 4. The van der Waals surface area contributed by atoms with Crippen LogP contribution in [0.3, 0.4) is 0 Å². The Morgan fingerprint density at radius 2 is 2.09 bits per heavy atom. The van der Waals surface area contributed by atoms with E-state index in [1.54, 1.807) is 12.1 Å². The maximum Gasteiger partial charge on any atom is 0.352 e. The first-order valence-electron chi connectivity index (χ1n) is 7.12. The van der Waals surface area contributed by atoms with Crippen LogP contribution in [0, 0.1) is 3.57 Å². The average Bonchev–Trinajstić information content (AvgIpc) is 2.47. The minimum atomic E-state index is -1.21. The van der Waals surface area contributed by atoms with Gasteiger partial charge in [0.05, 0.1) is 17.3 Å². The van der Waals surface area contributed by atoms with Gasteiger partial charge in [0.15, 0.2) is 11.5 Å². The van der Waals surface area contributed by atoms with Gasteiger partial charge in [-0.25, -0.2) is 4.79 Å². The van der Waals surface area contributed by atoms with E-state index in [0.29, 0.717) is 23.7 Å². The van der Waals surface area contributed by atoms with Crippen molar-refractivity contribution in [3.63, 3.8) is 0 Å². The molecule has 0 heterocycles. The van der Waals surface area contributed by atoms with E-state index in [0.717, 1.165) is 16.4 Å². The highest BCUT2D eigenvalue weighted by Gasteiger charge is 2.13. The quantitative estimate of drug-likeness (QED) is 0.374. The van der Waals surface area contributed by atoms with Crippen LogP contribution in [0.5, 0.6) is 11.5 Å². The Morgan fingerprint density at radius 3 is 2.61 bits per heavy atom. The molecule has 0 aliphatic heterocycles. The second-order valence-corrected chi connectivity index (χ2v) is 5.94. The number of benzene rings is 1. The maximum atomic E-state index is 11.2. The molecule has 126 valence electrons. The van der Waals surface area contributed by atoms with Gasteiger partial charge in [-0.1, -0.05) is 13.3 Å². The standard InChI is InChI=1S/C16H20INO5/c1-4-5-6-23-15-12(17)7-11(9-14(15)22-3)8-13(16(20)21)18-10(2)19/h7-9H,4-6H2,1-3H3,(H,18,19)(H,20,21)/b13-8+. The lowest BCUT2D eigenvalue weighted by atomic mass is 10.1. The summed E-state index contributed by atoms with van der Waals surface area (Å²) in [6.07, 6.45) is 3.34. The van der Waals surface area contributed by atoms with E-state index >= 15 is 0 Å². The second kappa shape index (κ2) is 9.39. The monoisotopic (exact) mass is 433 g/mol. The Balaban J connectivity index is 3.16. The summed E-state index contributed by atoms with van der Waals surface area (Å²) in [5, 5.41) is 11.4. The summed E-state index contributed by atoms with van der Waals surface area (Å²) in [7, 11) is 1.53. The van der Waals surface area contributed by atoms with E-state index < -0.39 is 11.9 Å². The van der Waals surface area contributed by atoms with Crippen molar-refractivity contribution in [3.8, 4) is 11.5 Å². The van der Waals surface area contributed by atoms with E-state index in [1.807, 2.05) is 0 Å². The fourth-order valence-corrected chi connectivity index (χ4v) is 2.57. The Labute approximate surface area is 149 Å². The van der Waals surface area contributed by atoms with Gasteiger partial charge in [0, 0.05) is 6.92 Å². The summed E-state index contributed by atoms with van der Waals surface area (Å²) in [6.45, 7) is 3.92. The van der Waals surface area contributed by atoms with Crippen LogP contribution in [0.25, 0.3) is 6.08 Å². The SMILES string of the molecule is CCCCOc1c(I)cc(/C=C(/NC(C)=O)C(=O)O)cc1OC. The molecule has 0 unspecified atom stereocenters. The number of ether oxygens (including phenoxy) is 2. The van der Waals surface area contributed by atoms with Gasteiger partial charge in [0.25, 0.3) is 0 Å². The lowest BCUT2D eigenvalue weighted by Crippen LogP contribution is -2.24. The highest BCUT2D eigenvalue weighted by molar-refractivity contribution is 14.1. The molecule has 0 aliphatic carbocycles. The number of carbonyl (C=O) groups excluding carboxylic acids is 1. The van der Waals surface area contributed by atoms with E-state index in [9.17, 15) is 9.59 Å². The van der Waals surface area contributed by atoms with Gasteiger partial charge in [-0.2, -0.15) is 0 Å². The number of carboxylic acids is 1. The number of halogens is 1. The highest BCUT2D eigenvalue weighted by Crippen LogP contribution is 2.34. The highest BCUT2D eigenvalue weighted by atomic mass is 127. The molecule has 1 aromatic rings. The summed E-state index contributed by atoms with van der Waals surface area (Å²) >= 11 is 2.11.